The average molecular weight is 259 g/mol. The summed E-state index contributed by atoms with van der Waals surface area (Å²) in [6, 6.07) is 7.09. The molecule has 6 heteroatoms. The maximum absolute atomic E-state index is 12.1. The van der Waals surface area contributed by atoms with Crippen molar-refractivity contribution in [3.8, 4) is 0 Å². The molecule has 1 aromatic heterocycles. The zero-order chi connectivity index (χ0) is 13.8. The quantitative estimate of drug-likeness (QED) is 0.563. The van der Waals surface area contributed by atoms with Crippen molar-refractivity contribution in [3.63, 3.8) is 0 Å². The molecule has 0 saturated heterocycles. The molecule has 19 heavy (non-hydrogen) atoms. The zero-order valence-corrected chi connectivity index (χ0v) is 11.0. The van der Waals surface area contributed by atoms with Gasteiger partial charge in [0.1, 0.15) is 0 Å². The smallest absolute Gasteiger partial charge is 0.253 e. The number of para-hydroxylation sites is 1. The molecular weight excluding hydrogens is 242 g/mol. The lowest BCUT2D eigenvalue weighted by atomic mass is 10.1. The van der Waals surface area contributed by atoms with Crippen LogP contribution in [0.5, 0.6) is 0 Å². The number of hydrazine groups is 1. The Morgan fingerprint density at radius 1 is 1.42 bits per heavy atom. The van der Waals surface area contributed by atoms with Gasteiger partial charge in [-0.15, -0.1) is 0 Å². The molecule has 0 fully saturated rings. The number of nitrogen functional groups attached to an aromatic ring is 1. The Labute approximate surface area is 111 Å². The molecule has 0 aliphatic rings. The Balaban J connectivity index is 2.07. The van der Waals surface area contributed by atoms with Crippen LogP contribution < -0.4 is 16.6 Å². The van der Waals surface area contributed by atoms with Gasteiger partial charge in [0.05, 0.1) is 17.4 Å². The summed E-state index contributed by atoms with van der Waals surface area (Å²) in [7, 11) is 1.87. The molecule has 4 N–H and O–H groups in total. The molecule has 0 saturated carbocycles. The van der Waals surface area contributed by atoms with Crippen LogP contribution in [0.1, 0.15) is 21.6 Å². The number of hydrogen-bond donors (Lipinski definition) is 3. The lowest BCUT2D eigenvalue weighted by molar-refractivity contribution is 0.0951. The van der Waals surface area contributed by atoms with Crippen LogP contribution in [0.4, 0.5) is 5.69 Å². The van der Waals surface area contributed by atoms with E-state index in [1.54, 1.807) is 29.1 Å². The Bertz CT molecular complexity index is 590. The minimum Gasteiger partial charge on any atom is -0.348 e. The maximum Gasteiger partial charge on any atom is 0.253 e. The minimum atomic E-state index is -0.170. The summed E-state index contributed by atoms with van der Waals surface area (Å²) in [5.74, 6) is 5.21. The fourth-order valence-corrected chi connectivity index (χ4v) is 1.80. The Kier molecular flexibility index (Phi) is 3.82. The highest BCUT2D eigenvalue weighted by atomic mass is 16.1. The highest BCUT2D eigenvalue weighted by Crippen LogP contribution is 2.13. The van der Waals surface area contributed by atoms with E-state index in [4.69, 9.17) is 5.84 Å². The molecule has 0 atom stereocenters. The number of aryl methyl sites for hydroxylation is 1. The second kappa shape index (κ2) is 5.53. The summed E-state index contributed by atoms with van der Waals surface area (Å²) in [6.45, 7) is 2.40. The molecule has 0 unspecified atom stereocenters. The van der Waals surface area contributed by atoms with Crippen LogP contribution in [0, 0.1) is 6.92 Å². The lowest BCUT2D eigenvalue weighted by Crippen LogP contribution is -2.25. The predicted molar refractivity (Wildman–Crippen MR) is 73.4 cm³/mol. The largest absolute Gasteiger partial charge is 0.348 e. The molecule has 0 radical (unpaired) electrons. The molecule has 2 aromatic rings. The third-order valence-corrected chi connectivity index (χ3v) is 3.10. The highest BCUT2D eigenvalue weighted by molar-refractivity contribution is 5.99. The van der Waals surface area contributed by atoms with Crippen LogP contribution in [0.2, 0.25) is 0 Å². The van der Waals surface area contributed by atoms with Gasteiger partial charge < -0.3 is 10.7 Å². The number of nitrogens with two attached hydrogens (primary N) is 1. The minimum absolute atomic E-state index is 0.170. The van der Waals surface area contributed by atoms with Crippen LogP contribution in [0.25, 0.3) is 0 Å². The van der Waals surface area contributed by atoms with Gasteiger partial charge in [-0.05, 0) is 19.1 Å². The average Bonchev–Trinajstić information content (AvgIpc) is 2.76. The van der Waals surface area contributed by atoms with E-state index < -0.39 is 0 Å². The Morgan fingerprint density at radius 3 is 2.79 bits per heavy atom. The third kappa shape index (κ3) is 2.74. The van der Waals surface area contributed by atoms with Crippen molar-refractivity contribution in [2.24, 2.45) is 12.9 Å². The monoisotopic (exact) mass is 259 g/mol. The first-order valence-electron chi connectivity index (χ1n) is 5.94. The number of nitrogens with one attached hydrogen (secondary N) is 2. The van der Waals surface area contributed by atoms with Crippen molar-refractivity contribution in [3.05, 3.63) is 47.3 Å². The van der Waals surface area contributed by atoms with Gasteiger partial charge in [-0.25, -0.2) is 0 Å². The molecule has 1 aromatic carbocycles. The van der Waals surface area contributed by atoms with Gasteiger partial charge in [0.2, 0.25) is 0 Å². The third-order valence-electron chi connectivity index (χ3n) is 3.10. The molecule has 2 rings (SSSR count). The van der Waals surface area contributed by atoms with Gasteiger partial charge in [0, 0.05) is 24.8 Å². The molecule has 0 aliphatic heterocycles. The molecule has 6 nitrogen and oxygen atoms in total. The second-order valence-electron chi connectivity index (χ2n) is 4.25. The fraction of sp³-hybridized carbons (Fsp3) is 0.231. The number of benzene rings is 1. The summed E-state index contributed by atoms with van der Waals surface area (Å²) < 4.78 is 1.77. The van der Waals surface area contributed by atoms with E-state index in [1.165, 1.54) is 0 Å². The molecule has 100 valence electrons. The van der Waals surface area contributed by atoms with Crippen LogP contribution in [0.3, 0.4) is 0 Å². The van der Waals surface area contributed by atoms with Crippen molar-refractivity contribution in [1.29, 1.82) is 0 Å². The Morgan fingerprint density at radius 2 is 2.16 bits per heavy atom. The summed E-state index contributed by atoms with van der Waals surface area (Å²) in [5, 5.41) is 6.99. The van der Waals surface area contributed by atoms with Gasteiger partial charge in [0.25, 0.3) is 5.91 Å². The van der Waals surface area contributed by atoms with Gasteiger partial charge in [0.15, 0.2) is 0 Å². The van der Waals surface area contributed by atoms with Crippen molar-refractivity contribution >= 4 is 11.6 Å². The van der Waals surface area contributed by atoms with Crippen LogP contribution >= 0.6 is 0 Å². The van der Waals surface area contributed by atoms with E-state index in [0.29, 0.717) is 17.8 Å². The maximum atomic E-state index is 12.1. The zero-order valence-electron chi connectivity index (χ0n) is 11.0. The molecule has 0 spiro atoms. The predicted octanol–water partition coefficient (Wildman–Crippen LogP) is 0.944. The van der Waals surface area contributed by atoms with Crippen molar-refractivity contribution < 1.29 is 4.79 Å². The van der Waals surface area contributed by atoms with Crippen LogP contribution in [-0.4, -0.2) is 15.7 Å². The van der Waals surface area contributed by atoms with Crippen LogP contribution in [0.15, 0.2) is 30.5 Å². The van der Waals surface area contributed by atoms with Crippen molar-refractivity contribution in [2.45, 2.75) is 13.5 Å². The van der Waals surface area contributed by atoms with Crippen LogP contribution in [-0.2, 0) is 13.6 Å². The van der Waals surface area contributed by atoms with Gasteiger partial charge in [-0.2, -0.15) is 5.10 Å². The standard InChI is InChI=1S/C13H17N5O/c1-9-10(8-16-18(9)2)7-15-13(19)11-5-3-4-6-12(11)17-14/h3-6,8,17H,7,14H2,1-2H3,(H,15,19). The van der Waals surface area contributed by atoms with E-state index in [-0.39, 0.29) is 5.91 Å². The topological polar surface area (TPSA) is 85.0 Å². The molecular formula is C13H17N5O. The van der Waals surface area contributed by atoms with Gasteiger partial charge in [-0.1, -0.05) is 12.1 Å². The normalized spacial score (nSPS) is 10.3. The summed E-state index contributed by atoms with van der Waals surface area (Å²) in [6.07, 6.45) is 1.75. The number of amides is 1. The van der Waals surface area contributed by atoms with E-state index >= 15 is 0 Å². The number of hydrogen-bond acceptors (Lipinski definition) is 4. The number of rotatable bonds is 4. The van der Waals surface area contributed by atoms with E-state index in [1.807, 2.05) is 20.0 Å². The lowest BCUT2D eigenvalue weighted by Gasteiger charge is -2.09. The molecule has 1 amide bonds. The summed E-state index contributed by atoms with van der Waals surface area (Å²) >= 11 is 0. The van der Waals surface area contributed by atoms with Gasteiger partial charge >= 0.3 is 0 Å². The van der Waals surface area contributed by atoms with E-state index in [9.17, 15) is 4.79 Å². The first kappa shape index (κ1) is 13.1. The number of aromatic nitrogens is 2. The molecule has 0 aliphatic carbocycles. The van der Waals surface area contributed by atoms with E-state index in [2.05, 4.69) is 15.8 Å². The fourth-order valence-electron chi connectivity index (χ4n) is 1.80. The first-order chi connectivity index (χ1) is 9.13. The molecule has 1 heterocycles. The SMILES string of the molecule is Cc1c(CNC(=O)c2ccccc2NN)cnn1C. The second-order valence-corrected chi connectivity index (χ2v) is 4.25. The summed E-state index contributed by atoms with van der Waals surface area (Å²) in [4.78, 5) is 12.1. The summed E-state index contributed by atoms with van der Waals surface area (Å²) in [5.41, 5.74) is 5.66. The number of carbonyl (C=O) groups is 1. The number of anilines is 1. The number of carbonyl (C=O) groups excluding carboxylic acids is 1. The Hall–Kier alpha value is -2.34. The van der Waals surface area contributed by atoms with E-state index in [0.717, 1.165) is 11.3 Å². The van der Waals surface area contributed by atoms with Crippen molar-refractivity contribution in [1.82, 2.24) is 15.1 Å². The molecule has 0 bridgehead atoms. The highest BCUT2D eigenvalue weighted by Gasteiger charge is 2.11. The van der Waals surface area contributed by atoms with Crippen molar-refractivity contribution in [2.75, 3.05) is 5.43 Å². The van der Waals surface area contributed by atoms with Gasteiger partial charge in [-0.3, -0.25) is 15.3 Å². The first-order valence-corrected chi connectivity index (χ1v) is 5.94. The number of nitrogens with zero attached hydrogens (tertiary/aromatic N) is 2.